The summed E-state index contributed by atoms with van der Waals surface area (Å²) in [4.78, 5) is 16.3. The quantitative estimate of drug-likeness (QED) is 0.767. The Labute approximate surface area is 127 Å². The highest BCUT2D eigenvalue weighted by molar-refractivity contribution is 6.35. The van der Waals surface area contributed by atoms with Gasteiger partial charge < -0.3 is 4.74 Å². The third-order valence-electron chi connectivity index (χ3n) is 2.74. The molecule has 5 heteroatoms. The van der Waals surface area contributed by atoms with Gasteiger partial charge in [0.05, 0.1) is 5.02 Å². The zero-order chi connectivity index (χ0) is 14.5. The predicted molar refractivity (Wildman–Crippen MR) is 79.7 cm³/mol. The number of pyridine rings is 1. The molecule has 1 aromatic carbocycles. The van der Waals surface area contributed by atoms with Gasteiger partial charge in [0, 0.05) is 11.2 Å². The van der Waals surface area contributed by atoms with Gasteiger partial charge in [0.15, 0.2) is 6.10 Å². The molecule has 0 fully saturated rings. The second-order valence-corrected chi connectivity index (χ2v) is 5.01. The maximum Gasteiger partial charge on any atom is 0.221 e. The summed E-state index contributed by atoms with van der Waals surface area (Å²) in [5.74, 6) is 0.270. The van der Waals surface area contributed by atoms with E-state index in [1.165, 1.54) is 0 Å². The first-order valence-corrected chi connectivity index (χ1v) is 6.94. The Hall–Kier alpha value is -1.58. The summed E-state index contributed by atoms with van der Waals surface area (Å²) in [5, 5.41) is 0.899. The van der Waals surface area contributed by atoms with Crippen LogP contribution in [0.25, 0.3) is 0 Å². The Kier molecular flexibility index (Phi) is 4.99. The van der Waals surface area contributed by atoms with Crippen molar-refractivity contribution in [1.82, 2.24) is 4.98 Å². The average molecular weight is 310 g/mol. The molecule has 0 bridgehead atoms. The van der Waals surface area contributed by atoms with Crippen LogP contribution in [-0.4, -0.2) is 16.9 Å². The molecule has 0 amide bonds. The van der Waals surface area contributed by atoms with E-state index in [0.717, 1.165) is 0 Å². The van der Waals surface area contributed by atoms with Crippen molar-refractivity contribution in [2.45, 2.75) is 19.4 Å². The van der Waals surface area contributed by atoms with Gasteiger partial charge in [0.2, 0.25) is 5.78 Å². The van der Waals surface area contributed by atoms with Gasteiger partial charge in [-0.15, -0.1) is 0 Å². The van der Waals surface area contributed by atoms with Gasteiger partial charge in [-0.25, -0.2) is 0 Å². The third kappa shape index (κ3) is 3.50. The van der Waals surface area contributed by atoms with Crippen molar-refractivity contribution < 1.29 is 9.53 Å². The van der Waals surface area contributed by atoms with Crippen molar-refractivity contribution >= 4 is 29.0 Å². The number of halogens is 2. The molecule has 0 saturated carbocycles. The Balaban J connectivity index is 2.19. The summed E-state index contributed by atoms with van der Waals surface area (Å²) in [7, 11) is 0. The lowest BCUT2D eigenvalue weighted by Crippen LogP contribution is -2.27. The zero-order valence-corrected chi connectivity index (χ0v) is 12.4. The number of nitrogens with zero attached hydrogens (tertiary/aromatic N) is 1. The number of ketones is 1. The molecule has 3 nitrogen and oxygen atoms in total. The molecule has 20 heavy (non-hydrogen) atoms. The van der Waals surface area contributed by atoms with Crippen molar-refractivity contribution in [3.05, 3.63) is 58.3 Å². The number of hydrogen-bond donors (Lipinski definition) is 0. The second-order valence-electron chi connectivity index (χ2n) is 4.17. The summed E-state index contributed by atoms with van der Waals surface area (Å²) in [5.41, 5.74) is 0.379. The van der Waals surface area contributed by atoms with E-state index in [1.807, 2.05) is 6.92 Å². The Morgan fingerprint density at radius 3 is 2.70 bits per heavy atom. The van der Waals surface area contributed by atoms with E-state index < -0.39 is 6.10 Å². The molecule has 0 saturated heterocycles. The number of carbonyl (C=O) groups is 1. The number of ether oxygens (including phenoxy) is 1. The van der Waals surface area contributed by atoms with E-state index in [9.17, 15) is 4.79 Å². The van der Waals surface area contributed by atoms with Crippen LogP contribution in [0, 0.1) is 0 Å². The molecule has 2 rings (SSSR count). The molecule has 1 unspecified atom stereocenters. The predicted octanol–water partition coefficient (Wildman–Crippen LogP) is 4.43. The fourth-order valence-electron chi connectivity index (χ4n) is 1.72. The average Bonchev–Trinajstić information content (AvgIpc) is 2.47. The second kappa shape index (κ2) is 6.73. The molecule has 1 atom stereocenters. The van der Waals surface area contributed by atoms with Gasteiger partial charge in [-0.3, -0.25) is 9.78 Å². The van der Waals surface area contributed by atoms with Gasteiger partial charge in [-0.1, -0.05) is 36.2 Å². The van der Waals surface area contributed by atoms with E-state index in [0.29, 0.717) is 27.9 Å². The van der Waals surface area contributed by atoms with Crippen molar-refractivity contribution in [1.29, 1.82) is 0 Å². The van der Waals surface area contributed by atoms with Crippen molar-refractivity contribution in [2.75, 3.05) is 0 Å². The maximum atomic E-state index is 12.3. The number of benzene rings is 1. The van der Waals surface area contributed by atoms with Gasteiger partial charge in [-0.05, 0) is 36.8 Å². The van der Waals surface area contributed by atoms with Gasteiger partial charge >= 0.3 is 0 Å². The van der Waals surface area contributed by atoms with Crippen LogP contribution in [0.3, 0.4) is 0 Å². The maximum absolute atomic E-state index is 12.3. The van der Waals surface area contributed by atoms with Crippen LogP contribution in [0.15, 0.2) is 42.6 Å². The minimum absolute atomic E-state index is 0.167. The molecule has 1 heterocycles. The zero-order valence-electron chi connectivity index (χ0n) is 10.8. The summed E-state index contributed by atoms with van der Waals surface area (Å²) in [6.45, 7) is 1.87. The standard InChI is InChI=1S/C15H13Cl2NO2/c1-2-13(15(19)12-5-3-4-8-18-12)20-14-7-6-10(16)9-11(14)17/h3-9,13H,2H2,1H3. The van der Waals surface area contributed by atoms with Gasteiger partial charge in [-0.2, -0.15) is 0 Å². The normalized spacial score (nSPS) is 11.9. The number of aromatic nitrogens is 1. The minimum Gasteiger partial charge on any atom is -0.481 e. The summed E-state index contributed by atoms with van der Waals surface area (Å²) < 4.78 is 5.69. The molecule has 0 radical (unpaired) electrons. The lowest BCUT2D eigenvalue weighted by molar-refractivity contribution is 0.0781. The number of rotatable bonds is 5. The first-order valence-electron chi connectivity index (χ1n) is 6.18. The van der Waals surface area contributed by atoms with E-state index >= 15 is 0 Å². The first-order chi connectivity index (χ1) is 9.61. The fraction of sp³-hybridized carbons (Fsp3) is 0.200. The smallest absolute Gasteiger partial charge is 0.221 e. The third-order valence-corrected chi connectivity index (χ3v) is 3.27. The van der Waals surface area contributed by atoms with Crippen molar-refractivity contribution in [3.8, 4) is 5.75 Å². The molecular formula is C15H13Cl2NO2. The highest BCUT2D eigenvalue weighted by Gasteiger charge is 2.22. The monoisotopic (exact) mass is 309 g/mol. The van der Waals surface area contributed by atoms with Crippen LogP contribution in [0.1, 0.15) is 23.8 Å². The number of Topliss-reactive ketones (excluding diaryl/α,β-unsaturated/α-hetero) is 1. The topological polar surface area (TPSA) is 39.2 Å². The Bertz CT molecular complexity index is 602. The molecule has 104 valence electrons. The highest BCUT2D eigenvalue weighted by Crippen LogP contribution is 2.29. The van der Waals surface area contributed by atoms with Gasteiger partial charge in [0.25, 0.3) is 0 Å². The van der Waals surface area contributed by atoms with Crippen molar-refractivity contribution in [3.63, 3.8) is 0 Å². The van der Waals surface area contributed by atoms with Crippen LogP contribution in [-0.2, 0) is 0 Å². The minimum atomic E-state index is -0.622. The SMILES string of the molecule is CCC(Oc1ccc(Cl)cc1Cl)C(=O)c1ccccn1. The largest absolute Gasteiger partial charge is 0.481 e. The lowest BCUT2D eigenvalue weighted by Gasteiger charge is -2.17. The van der Waals surface area contributed by atoms with Crippen molar-refractivity contribution in [2.24, 2.45) is 0 Å². The molecule has 0 spiro atoms. The molecule has 1 aromatic heterocycles. The van der Waals surface area contributed by atoms with E-state index in [1.54, 1.807) is 42.6 Å². The molecule has 2 aromatic rings. The fourth-order valence-corrected chi connectivity index (χ4v) is 2.17. The van der Waals surface area contributed by atoms with E-state index in [-0.39, 0.29) is 5.78 Å². The highest BCUT2D eigenvalue weighted by atomic mass is 35.5. The summed E-state index contributed by atoms with van der Waals surface area (Å²) in [6.07, 6.45) is 1.48. The lowest BCUT2D eigenvalue weighted by atomic mass is 10.1. The number of hydrogen-bond acceptors (Lipinski definition) is 3. The molecule has 0 aliphatic heterocycles. The number of carbonyl (C=O) groups excluding carboxylic acids is 1. The first kappa shape index (κ1) is 14.8. The summed E-state index contributed by atoms with van der Waals surface area (Å²) in [6, 6.07) is 10.1. The van der Waals surface area contributed by atoms with Crippen LogP contribution in [0.4, 0.5) is 0 Å². The van der Waals surface area contributed by atoms with E-state index in [4.69, 9.17) is 27.9 Å². The van der Waals surface area contributed by atoms with E-state index in [2.05, 4.69) is 4.98 Å². The van der Waals surface area contributed by atoms with Crippen LogP contribution in [0.5, 0.6) is 5.75 Å². The van der Waals surface area contributed by atoms with Crippen LogP contribution in [0.2, 0.25) is 10.0 Å². The summed E-state index contributed by atoms with van der Waals surface area (Å²) >= 11 is 11.9. The molecule has 0 N–H and O–H groups in total. The molecular weight excluding hydrogens is 297 g/mol. The van der Waals surface area contributed by atoms with Crippen LogP contribution < -0.4 is 4.74 Å². The Morgan fingerprint density at radius 1 is 1.30 bits per heavy atom. The molecule has 0 aliphatic carbocycles. The Morgan fingerprint density at radius 2 is 2.10 bits per heavy atom. The van der Waals surface area contributed by atoms with Gasteiger partial charge in [0.1, 0.15) is 11.4 Å². The molecule has 0 aliphatic rings. The van der Waals surface area contributed by atoms with Crippen LogP contribution >= 0.6 is 23.2 Å².